The fraction of sp³-hybridized carbons (Fsp3) is 0.435. The number of hydrogen-bond acceptors (Lipinski definition) is 7. The van der Waals surface area contributed by atoms with E-state index in [1.807, 2.05) is 0 Å². The van der Waals surface area contributed by atoms with Crippen molar-refractivity contribution < 1.29 is 23.9 Å². The number of esters is 1. The predicted octanol–water partition coefficient (Wildman–Crippen LogP) is 1.73. The Balaban J connectivity index is 2.04. The molecule has 10 nitrogen and oxygen atoms in total. The Morgan fingerprint density at radius 3 is 2.27 bits per heavy atom. The van der Waals surface area contributed by atoms with Gasteiger partial charge in [0.25, 0.3) is 11.5 Å². The number of likely N-dealkylation sites (tertiary alicyclic amines) is 1. The molecule has 1 aliphatic heterocycles. The SMILES string of the molecule is COC(=O)[C@H]1C[C@@H](n2cc(C)c(=O)n(C(=O)c3ccccc3)c2=O)CN1C(=O)OC(C)(C)C. The monoisotopic (exact) mass is 457 g/mol. The van der Waals surface area contributed by atoms with Gasteiger partial charge >= 0.3 is 17.8 Å². The van der Waals surface area contributed by atoms with Gasteiger partial charge in [0.2, 0.25) is 0 Å². The van der Waals surface area contributed by atoms with Crippen LogP contribution in [-0.2, 0) is 14.3 Å². The molecule has 0 bridgehead atoms. The minimum Gasteiger partial charge on any atom is -0.467 e. The Bertz CT molecular complexity index is 1190. The highest BCUT2D eigenvalue weighted by Crippen LogP contribution is 2.29. The molecule has 1 saturated heterocycles. The number of rotatable bonds is 3. The third-order valence-corrected chi connectivity index (χ3v) is 5.28. The maximum atomic E-state index is 13.2. The molecule has 1 fully saturated rings. The zero-order valence-corrected chi connectivity index (χ0v) is 19.2. The van der Waals surface area contributed by atoms with Crippen LogP contribution < -0.4 is 11.2 Å². The summed E-state index contributed by atoms with van der Waals surface area (Å²) in [6.07, 6.45) is 0.680. The van der Waals surface area contributed by atoms with Crippen molar-refractivity contribution in [3.8, 4) is 0 Å². The first-order valence-electron chi connectivity index (χ1n) is 10.5. The molecule has 2 atom stereocenters. The molecular formula is C23H27N3O7. The van der Waals surface area contributed by atoms with Crippen LogP contribution in [0.4, 0.5) is 4.79 Å². The van der Waals surface area contributed by atoms with Gasteiger partial charge in [-0.3, -0.25) is 19.1 Å². The van der Waals surface area contributed by atoms with Crippen molar-refractivity contribution in [2.75, 3.05) is 13.7 Å². The average Bonchev–Trinajstić information content (AvgIpc) is 3.20. The fourth-order valence-electron chi connectivity index (χ4n) is 3.75. The van der Waals surface area contributed by atoms with Gasteiger partial charge in [-0.25, -0.2) is 14.4 Å². The molecular weight excluding hydrogens is 430 g/mol. The Labute approximate surface area is 190 Å². The quantitative estimate of drug-likeness (QED) is 0.644. The highest BCUT2D eigenvalue weighted by Gasteiger charge is 2.43. The van der Waals surface area contributed by atoms with Crippen LogP contribution in [0, 0.1) is 6.92 Å². The third kappa shape index (κ3) is 4.89. The molecule has 2 aromatic rings. The molecule has 10 heteroatoms. The summed E-state index contributed by atoms with van der Waals surface area (Å²) in [4.78, 5) is 65.2. The van der Waals surface area contributed by atoms with Crippen molar-refractivity contribution in [2.24, 2.45) is 0 Å². The van der Waals surface area contributed by atoms with E-state index in [0.29, 0.717) is 4.57 Å². The second-order valence-corrected chi connectivity index (χ2v) is 8.87. The summed E-state index contributed by atoms with van der Waals surface area (Å²) in [5.41, 5.74) is -2.01. The lowest BCUT2D eigenvalue weighted by Crippen LogP contribution is -2.46. The second kappa shape index (κ2) is 9.05. The highest BCUT2D eigenvalue weighted by molar-refractivity contribution is 5.95. The van der Waals surface area contributed by atoms with E-state index in [4.69, 9.17) is 9.47 Å². The largest absolute Gasteiger partial charge is 0.467 e. The van der Waals surface area contributed by atoms with Crippen LogP contribution in [0.25, 0.3) is 0 Å². The van der Waals surface area contributed by atoms with E-state index < -0.39 is 46.9 Å². The first-order chi connectivity index (χ1) is 15.4. The van der Waals surface area contributed by atoms with Gasteiger partial charge in [-0.05, 0) is 39.8 Å². The fourth-order valence-corrected chi connectivity index (χ4v) is 3.75. The van der Waals surface area contributed by atoms with Crippen LogP contribution in [-0.4, -0.2) is 57.3 Å². The molecule has 176 valence electrons. The van der Waals surface area contributed by atoms with Crippen molar-refractivity contribution in [3.05, 3.63) is 68.5 Å². The summed E-state index contributed by atoms with van der Waals surface area (Å²) >= 11 is 0. The van der Waals surface area contributed by atoms with E-state index in [1.54, 1.807) is 39.0 Å². The molecule has 1 amide bonds. The van der Waals surface area contributed by atoms with Gasteiger partial charge in [-0.15, -0.1) is 0 Å². The summed E-state index contributed by atoms with van der Waals surface area (Å²) in [5, 5.41) is 0. The van der Waals surface area contributed by atoms with E-state index >= 15 is 0 Å². The summed E-state index contributed by atoms with van der Waals surface area (Å²) < 4.78 is 12.0. The molecule has 0 spiro atoms. The third-order valence-electron chi connectivity index (χ3n) is 5.28. The Morgan fingerprint density at radius 2 is 1.70 bits per heavy atom. The number of ether oxygens (including phenoxy) is 2. The average molecular weight is 457 g/mol. The molecule has 3 rings (SSSR count). The number of amides is 1. The lowest BCUT2D eigenvalue weighted by Gasteiger charge is -2.27. The number of hydrogen-bond donors (Lipinski definition) is 0. The van der Waals surface area contributed by atoms with Gasteiger partial charge in [0.15, 0.2) is 0 Å². The normalized spacial score (nSPS) is 18.2. The van der Waals surface area contributed by atoms with Gasteiger partial charge in [-0.2, -0.15) is 4.57 Å². The number of aromatic nitrogens is 2. The molecule has 1 aliphatic rings. The number of carbonyl (C=O) groups excluding carboxylic acids is 3. The van der Waals surface area contributed by atoms with Crippen LogP contribution in [0.3, 0.4) is 0 Å². The van der Waals surface area contributed by atoms with E-state index in [-0.39, 0.29) is 24.1 Å². The maximum Gasteiger partial charge on any atom is 0.411 e. The molecule has 0 unspecified atom stereocenters. The highest BCUT2D eigenvalue weighted by atomic mass is 16.6. The number of carbonyl (C=O) groups is 3. The van der Waals surface area contributed by atoms with Gasteiger partial charge in [0, 0.05) is 30.3 Å². The van der Waals surface area contributed by atoms with Gasteiger partial charge in [0.05, 0.1) is 13.2 Å². The Hall–Kier alpha value is -3.69. The number of aryl methyl sites for hydroxylation is 1. The second-order valence-electron chi connectivity index (χ2n) is 8.87. The number of nitrogens with zero attached hydrogens (tertiary/aromatic N) is 3. The predicted molar refractivity (Wildman–Crippen MR) is 118 cm³/mol. The maximum absolute atomic E-state index is 13.2. The van der Waals surface area contributed by atoms with Crippen molar-refractivity contribution in [1.29, 1.82) is 0 Å². The lowest BCUT2D eigenvalue weighted by atomic mass is 10.1. The zero-order valence-electron chi connectivity index (χ0n) is 19.2. The lowest BCUT2D eigenvalue weighted by molar-refractivity contribution is -0.145. The first kappa shape index (κ1) is 24.0. The minimum absolute atomic E-state index is 0.0360. The summed E-state index contributed by atoms with van der Waals surface area (Å²) in [6.45, 7) is 6.55. The van der Waals surface area contributed by atoms with E-state index in [2.05, 4.69) is 0 Å². The molecule has 0 radical (unpaired) electrons. The van der Waals surface area contributed by atoms with E-state index in [0.717, 1.165) is 0 Å². The van der Waals surface area contributed by atoms with Crippen LogP contribution in [0.15, 0.2) is 46.1 Å². The number of benzene rings is 1. The number of methoxy groups -OCH3 is 1. The van der Waals surface area contributed by atoms with Gasteiger partial charge < -0.3 is 9.47 Å². The van der Waals surface area contributed by atoms with Crippen molar-refractivity contribution in [3.63, 3.8) is 0 Å². The molecule has 1 aromatic carbocycles. The minimum atomic E-state index is -0.979. The summed E-state index contributed by atoms with van der Waals surface area (Å²) in [6, 6.07) is 6.33. The molecule has 33 heavy (non-hydrogen) atoms. The van der Waals surface area contributed by atoms with E-state index in [9.17, 15) is 24.0 Å². The molecule has 2 heterocycles. The Morgan fingerprint density at radius 1 is 1.06 bits per heavy atom. The topological polar surface area (TPSA) is 117 Å². The first-order valence-corrected chi connectivity index (χ1v) is 10.5. The van der Waals surface area contributed by atoms with Crippen LogP contribution >= 0.6 is 0 Å². The van der Waals surface area contributed by atoms with Gasteiger partial charge in [0.1, 0.15) is 11.6 Å². The molecule has 0 saturated carbocycles. The zero-order chi connectivity index (χ0) is 24.5. The standard InChI is InChI=1S/C23H27N3O7/c1-14-12-24(21(30)26(18(14)27)19(28)15-9-7-6-8-10-15)16-11-17(20(29)32-5)25(13-16)22(31)33-23(2,3)4/h6-10,12,16-17H,11,13H2,1-5H3/t16-,17-/m1/s1. The van der Waals surface area contributed by atoms with Crippen LogP contribution in [0.5, 0.6) is 0 Å². The van der Waals surface area contributed by atoms with E-state index in [1.165, 1.54) is 41.8 Å². The summed E-state index contributed by atoms with van der Waals surface area (Å²) in [5.74, 6) is -1.41. The smallest absolute Gasteiger partial charge is 0.411 e. The van der Waals surface area contributed by atoms with Crippen molar-refractivity contribution >= 4 is 18.0 Å². The summed E-state index contributed by atoms with van der Waals surface area (Å²) in [7, 11) is 1.21. The Kier molecular flexibility index (Phi) is 6.57. The molecule has 0 N–H and O–H groups in total. The molecule has 0 aliphatic carbocycles. The van der Waals surface area contributed by atoms with Crippen molar-refractivity contribution in [2.45, 2.75) is 51.8 Å². The van der Waals surface area contributed by atoms with Gasteiger partial charge in [-0.1, -0.05) is 18.2 Å². The van der Waals surface area contributed by atoms with Crippen LogP contribution in [0.1, 0.15) is 49.2 Å². The van der Waals surface area contributed by atoms with Crippen molar-refractivity contribution in [1.82, 2.24) is 14.0 Å². The molecule has 1 aromatic heterocycles. The van der Waals surface area contributed by atoms with Crippen LogP contribution in [0.2, 0.25) is 0 Å².